The Morgan fingerprint density at radius 1 is 1.25 bits per heavy atom. The van der Waals surface area contributed by atoms with Gasteiger partial charge in [0.2, 0.25) is 0 Å². The van der Waals surface area contributed by atoms with Crippen molar-refractivity contribution in [3.05, 3.63) is 42.7 Å². The normalized spacial score (nSPS) is 12.5. The van der Waals surface area contributed by atoms with E-state index in [2.05, 4.69) is 33.5 Å². The molecule has 0 radical (unpaired) electrons. The highest BCUT2D eigenvalue weighted by Gasteiger charge is 2.10. The van der Waals surface area contributed by atoms with Crippen molar-refractivity contribution >= 4 is 27.4 Å². The lowest BCUT2D eigenvalue weighted by Gasteiger charge is -2.07. The molecule has 3 rings (SSSR count). The molecular formula is C15H15N3OS. The third kappa shape index (κ3) is 2.64. The van der Waals surface area contributed by atoms with Crippen LogP contribution >= 0.6 is 11.3 Å². The van der Waals surface area contributed by atoms with Gasteiger partial charge in [-0.2, -0.15) is 0 Å². The molecule has 0 aliphatic heterocycles. The minimum absolute atomic E-state index is 0.410. The topological polar surface area (TPSA) is 58.0 Å². The van der Waals surface area contributed by atoms with Crippen LogP contribution < -0.4 is 5.32 Å². The largest absolute Gasteiger partial charge is 0.392 e. The summed E-state index contributed by atoms with van der Waals surface area (Å²) in [6.07, 6.45) is 1.14. The lowest BCUT2D eigenvalue weighted by Crippen LogP contribution is -2.16. The number of nitrogens with zero attached hydrogens (tertiary/aromatic N) is 2. The molecule has 0 saturated carbocycles. The maximum Gasteiger partial charge on any atom is 0.138 e. The van der Waals surface area contributed by atoms with Gasteiger partial charge >= 0.3 is 0 Å². The molecule has 0 fully saturated rings. The molecule has 2 heterocycles. The molecule has 1 unspecified atom stereocenters. The number of fused-ring (bicyclic) bond motifs is 1. The minimum Gasteiger partial charge on any atom is -0.392 e. The lowest BCUT2D eigenvalue weighted by molar-refractivity contribution is 0.208. The van der Waals surface area contributed by atoms with Gasteiger partial charge in [-0.05, 0) is 18.6 Å². The molecule has 102 valence electrons. The number of thiophene rings is 1. The van der Waals surface area contributed by atoms with E-state index in [0.717, 1.165) is 16.0 Å². The molecule has 1 aromatic carbocycles. The molecule has 0 amide bonds. The summed E-state index contributed by atoms with van der Waals surface area (Å²) < 4.78 is 0. The Labute approximate surface area is 121 Å². The summed E-state index contributed by atoms with van der Waals surface area (Å²) in [5.74, 6) is 0.773. The van der Waals surface area contributed by atoms with Gasteiger partial charge in [0.1, 0.15) is 17.0 Å². The number of aliphatic hydroxyl groups excluding tert-OH is 1. The summed E-state index contributed by atoms with van der Waals surface area (Å²) in [4.78, 5) is 10.7. The Morgan fingerprint density at radius 3 is 2.80 bits per heavy atom. The first kappa shape index (κ1) is 13.0. The first-order valence-electron chi connectivity index (χ1n) is 6.46. The number of aromatic nitrogens is 2. The Balaban J connectivity index is 2.00. The highest BCUT2D eigenvalue weighted by atomic mass is 32.1. The van der Waals surface area contributed by atoms with Crippen molar-refractivity contribution in [1.82, 2.24) is 9.97 Å². The average Bonchev–Trinajstić information content (AvgIpc) is 2.90. The Bertz CT molecular complexity index is 709. The molecule has 0 bridgehead atoms. The predicted molar refractivity (Wildman–Crippen MR) is 83.0 cm³/mol. The standard InChI is InChI=1S/C15H15N3OS/c1-10(19)8-16-14-12-7-13(11-5-3-2-4-6-11)20-15(12)18-9-17-14/h2-7,9-10,19H,8H2,1H3,(H,16,17,18). The monoisotopic (exact) mass is 285 g/mol. The third-order valence-corrected chi connectivity index (χ3v) is 4.04. The molecule has 1 atom stereocenters. The van der Waals surface area contributed by atoms with Gasteiger partial charge in [0.05, 0.1) is 11.5 Å². The zero-order valence-corrected chi connectivity index (χ0v) is 11.9. The van der Waals surface area contributed by atoms with Crippen LogP contribution in [0.2, 0.25) is 0 Å². The van der Waals surface area contributed by atoms with Crippen molar-refractivity contribution in [2.45, 2.75) is 13.0 Å². The van der Waals surface area contributed by atoms with Crippen molar-refractivity contribution in [3.63, 3.8) is 0 Å². The maximum absolute atomic E-state index is 9.37. The molecule has 3 aromatic rings. The van der Waals surface area contributed by atoms with Gasteiger partial charge < -0.3 is 10.4 Å². The second-order valence-corrected chi connectivity index (χ2v) is 5.68. The van der Waals surface area contributed by atoms with Gasteiger partial charge in [-0.15, -0.1) is 11.3 Å². The SMILES string of the molecule is CC(O)CNc1ncnc2sc(-c3ccccc3)cc12. The van der Waals surface area contributed by atoms with Crippen molar-refractivity contribution in [2.24, 2.45) is 0 Å². The van der Waals surface area contributed by atoms with Crippen LogP contribution in [0.1, 0.15) is 6.92 Å². The Kier molecular flexibility index (Phi) is 3.62. The van der Waals surface area contributed by atoms with E-state index < -0.39 is 6.10 Å². The van der Waals surface area contributed by atoms with Gasteiger partial charge in [-0.1, -0.05) is 30.3 Å². The highest BCUT2D eigenvalue weighted by Crippen LogP contribution is 2.34. The van der Waals surface area contributed by atoms with Crippen LogP contribution in [-0.4, -0.2) is 27.7 Å². The fraction of sp³-hybridized carbons (Fsp3) is 0.200. The molecular weight excluding hydrogens is 270 g/mol. The van der Waals surface area contributed by atoms with Crippen LogP contribution in [0.3, 0.4) is 0 Å². The van der Waals surface area contributed by atoms with Crippen molar-refractivity contribution in [1.29, 1.82) is 0 Å². The molecule has 0 aliphatic rings. The number of hydrogen-bond donors (Lipinski definition) is 2. The fourth-order valence-corrected chi connectivity index (χ4v) is 2.99. The molecule has 2 aromatic heterocycles. The van der Waals surface area contributed by atoms with Crippen molar-refractivity contribution in [2.75, 3.05) is 11.9 Å². The molecule has 4 nitrogen and oxygen atoms in total. The predicted octanol–water partition coefficient (Wildman–Crippen LogP) is 3.15. The van der Waals surface area contributed by atoms with Crippen LogP contribution in [-0.2, 0) is 0 Å². The van der Waals surface area contributed by atoms with E-state index in [-0.39, 0.29) is 0 Å². The summed E-state index contributed by atoms with van der Waals surface area (Å²) in [5, 5.41) is 13.5. The smallest absolute Gasteiger partial charge is 0.138 e. The number of benzene rings is 1. The molecule has 5 heteroatoms. The summed E-state index contributed by atoms with van der Waals surface area (Å²) in [5.41, 5.74) is 1.18. The Morgan fingerprint density at radius 2 is 2.05 bits per heavy atom. The van der Waals surface area contributed by atoms with Gasteiger partial charge in [-0.3, -0.25) is 0 Å². The number of aliphatic hydroxyl groups is 1. The van der Waals surface area contributed by atoms with Crippen molar-refractivity contribution in [3.8, 4) is 10.4 Å². The quantitative estimate of drug-likeness (QED) is 0.773. The van der Waals surface area contributed by atoms with Gasteiger partial charge in [0.15, 0.2) is 0 Å². The first-order chi connectivity index (χ1) is 9.74. The highest BCUT2D eigenvalue weighted by molar-refractivity contribution is 7.21. The third-order valence-electron chi connectivity index (χ3n) is 2.95. The van der Waals surface area contributed by atoms with E-state index in [1.807, 2.05) is 18.2 Å². The number of nitrogens with one attached hydrogen (secondary N) is 1. The molecule has 0 saturated heterocycles. The number of anilines is 1. The number of hydrogen-bond acceptors (Lipinski definition) is 5. The summed E-state index contributed by atoms with van der Waals surface area (Å²) >= 11 is 1.65. The van der Waals surface area contributed by atoms with E-state index in [4.69, 9.17) is 0 Å². The second kappa shape index (κ2) is 5.56. The zero-order chi connectivity index (χ0) is 13.9. The van der Waals surface area contributed by atoms with Gasteiger partial charge in [-0.25, -0.2) is 9.97 Å². The lowest BCUT2D eigenvalue weighted by atomic mass is 10.2. The average molecular weight is 285 g/mol. The summed E-state index contributed by atoms with van der Waals surface area (Å²) in [6, 6.07) is 12.3. The molecule has 0 spiro atoms. The van der Waals surface area contributed by atoms with Crippen LogP contribution in [0.5, 0.6) is 0 Å². The van der Waals surface area contributed by atoms with Crippen LogP contribution in [0, 0.1) is 0 Å². The van der Waals surface area contributed by atoms with Gasteiger partial charge in [0, 0.05) is 11.4 Å². The fourth-order valence-electron chi connectivity index (χ4n) is 1.99. The number of rotatable bonds is 4. The summed E-state index contributed by atoms with van der Waals surface area (Å²) in [7, 11) is 0. The van der Waals surface area contributed by atoms with Crippen LogP contribution in [0.15, 0.2) is 42.7 Å². The van der Waals surface area contributed by atoms with Crippen molar-refractivity contribution < 1.29 is 5.11 Å². The van der Waals surface area contributed by atoms with E-state index in [1.54, 1.807) is 24.6 Å². The molecule has 2 N–H and O–H groups in total. The summed E-state index contributed by atoms with van der Waals surface area (Å²) in [6.45, 7) is 2.22. The molecule has 0 aliphatic carbocycles. The van der Waals surface area contributed by atoms with E-state index in [1.165, 1.54) is 10.4 Å². The first-order valence-corrected chi connectivity index (χ1v) is 7.27. The van der Waals surface area contributed by atoms with E-state index >= 15 is 0 Å². The second-order valence-electron chi connectivity index (χ2n) is 4.65. The van der Waals surface area contributed by atoms with Crippen LogP contribution in [0.4, 0.5) is 5.82 Å². The van der Waals surface area contributed by atoms with E-state index in [9.17, 15) is 5.11 Å². The Hall–Kier alpha value is -1.98. The zero-order valence-electron chi connectivity index (χ0n) is 11.1. The molecule has 20 heavy (non-hydrogen) atoms. The van der Waals surface area contributed by atoms with Crippen LogP contribution in [0.25, 0.3) is 20.7 Å². The van der Waals surface area contributed by atoms with E-state index in [0.29, 0.717) is 6.54 Å². The maximum atomic E-state index is 9.37. The van der Waals surface area contributed by atoms with Gasteiger partial charge in [0.25, 0.3) is 0 Å². The minimum atomic E-state index is -0.410.